The van der Waals surface area contributed by atoms with Crippen LogP contribution in [0.3, 0.4) is 0 Å². The standard InChI is InChI=1S/C8H15BrO3/c1-6(9)5-12-7(10)4-8(2,3)11/h6,11H,4-5H2,1-3H3. The van der Waals surface area contributed by atoms with Crippen LogP contribution in [0.2, 0.25) is 0 Å². The number of halogens is 1. The monoisotopic (exact) mass is 238 g/mol. The fourth-order valence-corrected chi connectivity index (χ4v) is 0.744. The lowest BCUT2D eigenvalue weighted by Gasteiger charge is -2.15. The maximum absolute atomic E-state index is 11.0. The highest BCUT2D eigenvalue weighted by Crippen LogP contribution is 2.08. The minimum atomic E-state index is -0.980. The van der Waals surface area contributed by atoms with Gasteiger partial charge in [0.1, 0.15) is 6.61 Å². The summed E-state index contributed by atoms with van der Waals surface area (Å²) < 4.78 is 4.83. The quantitative estimate of drug-likeness (QED) is 0.597. The van der Waals surface area contributed by atoms with E-state index in [1.165, 1.54) is 0 Å². The van der Waals surface area contributed by atoms with Crippen molar-refractivity contribution in [2.24, 2.45) is 0 Å². The molecule has 0 saturated carbocycles. The maximum Gasteiger partial charge on any atom is 0.308 e. The van der Waals surface area contributed by atoms with E-state index in [1.54, 1.807) is 13.8 Å². The maximum atomic E-state index is 11.0. The van der Waals surface area contributed by atoms with Crippen molar-refractivity contribution in [1.82, 2.24) is 0 Å². The summed E-state index contributed by atoms with van der Waals surface area (Å²) in [5.41, 5.74) is -0.980. The van der Waals surface area contributed by atoms with E-state index in [4.69, 9.17) is 4.74 Å². The Morgan fingerprint density at radius 1 is 1.67 bits per heavy atom. The average Bonchev–Trinajstić information content (AvgIpc) is 1.79. The van der Waals surface area contributed by atoms with Gasteiger partial charge in [0.25, 0.3) is 0 Å². The molecule has 0 radical (unpaired) electrons. The Hall–Kier alpha value is -0.0900. The summed E-state index contributed by atoms with van der Waals surface area (Å²) in [5, 5.41) is 9.24. The van der Waals surface area contributed by atoms with Crippen molar-refractivity contribution >= 4 is 21.9 Å². The number of alkyl halides is 1. The van der Waals surface area contributed by atoms with Crippen molar-refractivity contribution in [3.05, 3.63) is 0 Å². The largest absolute Gasteiger partial charge is 0.464 e. The summed E-state index contributed by atoms with van der Waals surface area (Å²) in [4.78, 5) is 11.1. The summed E-state index contributed by atoms with van der Waals surface area (Å²) in [7, 11) is 0. The van der Waals surface area contributed by atoms with Gasteiger partial charge in [-0.25, -0.2) is 0 Å². The molecule has 3 nitrogen and oxygen atoms in total. The normalized spacial score (nSPS) is 14.1. The third kappa shape index (κ3) is 8.01. The van der Waals surface area contributed by atoms with E-state index in [1.807, 2.05) is 6.92 Å². The van der Waals surface area contributed by atoms with Crippen LogP contribution in [0.25, 0.3) is 0 Å². The van der Waals surface area contributed by atoms with Gasteiger partial charge in [0.05, 0.1) is 12.0 Å². The summed E-state index contributed by atoms with van der Waals surface area (Å²) in [6.07, 6.45) is 0.0344. The van der Waals surface area contributed by atoms with Gasteiger partial charge >= 0.3 is 5.97 Å². The second kappa shape index (κ2) is 4.82. The van der Waals surface area contributed by atoms with Gasteiger partial charge in [-0.1, -0.05) is 15.9 Å². The van der Waals surface area contributed by atoms with Crippen LogP contribution >= 0.6 is 15.9 Å². The van der Waals surface area contributed by atoms with Gasteiger partial charge in [-0.05, 0) is 20.8 Å². The molecule has 0 heterocycles. The fourth-order valence-electron chi connectivity index (χ4n) is 0.612. The Balaban J connectivity index is 3.61. The predicted octanol–water partition coefficient (Wildman–Crippen LogP) is 1.47. The van der Waals surface area contributed by atoms with Gasteiger partial charge in [-0.2, -0.15) is 0 Å². The summed E-state index contributed by atoms with van der Waals surface area (Å²) in [5.74, 6) is -0.367. The van der Waals surface area contributed by atoms with Crippen molar-refractivity contribution in [2.45, 2.75) is 37.6 Å². The van der Waals surface area contributed by atoms with Gasteiger partial charge in [0, 0.05) is 4.83 Å². The van der Waals surface area contributed by atoms with Crippen molar-refractivity contribution in [1.29, 1.82) is 0 Å². The molecule has 0 saturated heterocycles. The molecule has 0 aliphatic carbocycles. The third-order valence-electron chi connectivity index (χ3n) is 1.05. The van der Waals surface area contributed by atoms with Gasteiger partial charge in [0.15, 0.2) is 0 Å². The minimum Gasteiger partial charge on any atom is -0.464 e. The Morgan fingerprint density at radius 2 is 2.17 bits per heavy atom. The lowest BCUT2D eigenvalue weighted by molar-refractivity contribution is -0.147. The molecule has 0 aromatic heterocycles. The van der Waals surface area contributed by atoms with Crippen molar-refractivity contribution in [3.8, 4) is 0 Å². The number of aliphatic hydroxyl groups is 1. The number of esters is 1. The molecule has 0 aromatic carbocycles. The molecule has 0 amide bonds. The highest BCUT2D eigenvalue weighted by atomic mass is 79.9. The highest BCUT2D eigenvalue weighted by Gasteiger charge is 2.19. The van der Waals surface area contributed by atoms with E-state index >= 15 is 0 Å². The first-order valence-electron chi connectivity index (χ1n) is 3.83. The molecule has 1 atom stereocenters. The van der Waals surface area contributed by atoms with E-state index in [0.717, 1.165) is 0 Å². The lowest BCUT2D eigenvalue weighted by atomic mass is 10.1. The van der Waals surface area contributed by atoms with Crippen LogP contribution in [0.5, 0.6) is 0 Å². The molecule has 12 heavy (non-hydrogen) atoms. The van der Waals surface area contributed by atoms with E-state index in [9.17, 15) is 9.90 Å². The van der Waals surface area contributed by atoms with Crippen LogP contribution in [-0.2, 0) is 9.53 Å². The van der Waals surface area contributed by atoms with E-state index in [2.05, 4.69) is 15.9 Å². The third-order valence-corrected chi connectivity index (χ3v) is 1.32. The van der Waals surface area contributed by atoms with Crippen LogP contribution < -0.4 is 0 Å². The Labute approximate surface area is 81.2 Å². The van der Waals surface area contributed by atoms with Crippen LogP contribution in [0.1, 0.15) is 27.2 Å². The number of ether oxygens (including phenoxy) is 1. The summed E-state index contributed by atoms with van der Waals surface area (Å²) >= 11 is 3.24. The van der Waals surface area contributed by atoms with Gasteiger partial charge < -0.3 is 9.84 Å². The zero-order valence-corrected chi connectivity index (χ0v) is 9.22. The number of hydrogen-bond donors (Lipinski definition) is 1. The highest BCUT2D eigenvalue weighted by molar-refractivity contribution is 9.09. The molecule has 0 bridgehead atoms. The number of rotatable bonds is 4. The second-order valence-electron chi connectivity index (χ2n) is 3.45. The number of hydrogen-bond acceptors (Lipinski definition) is 3. The van der Waals surface area contributed by atoms with Crippen LogP contribution in [0.4, 0.5) is 0 Å². The van der Waals surface area contributed by atoms with Crippen LogP contribution in [-0.4, -0.2) is 28.1 Å². The molecule has 4 heteroatoms. The van der Waals surface area contributed by atoms with E-state index in [-0.39, 0.29) is 17.2 Å². The molecule has 0 aliphatic heterocycles. The lowest BCUT2D eigenvalue weighted by Crippen LogP contribution is -2.25. The first kappa shape index (κ1) is 11.9. The van der Waals surface area contributed by atoms with Crippen LogP contribution in [0, 0.1) is 0 Å². The summed E-state index contributed by atoms with van der Waals surface area (Å²) in [6.45, 7) is 5.38. The van der Waals surface area contributed by atoms with E-state index < -0.39 is 5.60 Å². The van der Waals surface area contributed by atoms with Gasteiger partial charge in [-0.15, -0.1) is 0 Å². The summed E-state index contributed by atoms with van der Waals surface area (Å²) in [6, 6.07) is 0. The smallest absolute Gasteiger partial charge is 0.308 e. The van der Waals surface area contributed by atoms with E-state index in [0.29, 0.717) is 6.61 Å². The molecule has 1 N–H and O–H groups in total. The number of carbonyl (C=O) groups is 1. The molecule has 72 valence electrons. The average molecular weight is 239 g/mol. The Kier molecular flexibility index (Phi) is 4.78. The Morgan fingerprint density at radius 3 is 2.50 bits per heavy atom. The van der Waals surface area contributed by atoms with Gasteiger partial charge in [0.2, 0.25) is 0 Å². The predicted molar refractivity (Wildman–Crippen MR) is 50.3 cm³/mol. The minimum absolute atomic E-state index is 0.0344. The topological polar surface area (TPSA) is 46.5 Å². The molecule has 0 rings (SSSR count). The SMILES string of the molecule is CC(Br)COC(=O)CC(C)(C)O. The van der Waals surface area contributed by atoms with Crippen molar-refractivity contribution in [3.63, 3.8) is 0 Å². The number of carbonyl (C=O) groups excluding carboxylic acids is 1. The molecule has 0 aromatic rings. The first-order valence-corrected chi connectivity index (χ1v) is 4.75. The van der Waals surface area contributed by atoms with Crippen molar-refractivity contribution in [2.75, 3.05) is 6.61 Å². The first-order chi connectivity index (χ1) is 5.31. The fraction of sp³-hybridized carbons (Fsp3) is 0.875. The molecule has 0 aliphatic rings. The molecule has 1 unspecified atom stereocenters. The molecule has 0 fully saturated rings. The van der Waals surface area contributed by atoms with Crippen LogP contribution in [0.15, 0.2) is 0 Å². The Bertz CT molecular complexity index is 149. The second-order valence-corrected chi connectivity index (χ2v) is 5.02. The van der Waals surface area contributed by atoms with Gasteiger partial charge in [-0.3, -0.25) is 4.79 Å². The molecule has 0 spiro atoms. The molecular formula is C8H15BrO3. The zero-order valence-electron chi connectivity index (χ0n) is 7.63. The van der Waals surface area contributed by atoms with Crippen molar-refractivity contribution < 1.29 is 14.6 Å². The zero-order chi connectivity index (χ0) is 9.78. The molecular weight excluding hydrogens is 224 g/mol.